The fraction of sp³-hybridized carbons (Fsp3) is 0. The van der Waals surface area contributed by atoms with E-state index in [1.165, 1.54) is 0 Å². The van der Waals surface area contributed by atoms with Crippen LogP contribution in [0.5, 0.6) is 0 Å². The van der Waals surface area contributed by atoms with Crippen LogP contribution in [0.15, 0.2) is 49.1 Å². The van der Waals surface area contributed by atoms with Crippen LogP contribution >= 0.6 is 0 Å². The highest BCUT2D eigenvalue weighted by molar-refractivity contribution is 5.87. The van der Waals surface area contributed by atoms with Gasteiger partial charge in [-0.05, 0) is 12.2 Å². The number of aliphatic carboxylic acids is 2. The topological polar surface area (TPSA) is 186 Å². The lowest BCUT2D eigenvalue weighted by Gasteiger charge is -1.90. The fourth-order valence-electron chi connectivity index (χ4n) is 0.810. The van der Waals surface area contributed by atoms with Gasteiger partial charge >= 0.3 is 11.9 Å². The summed E-state index contributed by atoms with van der Waals surface area (Å²) in [5.74, 6) is -2.20. The number of carboxylic acids is 2. The van der Waals surface area contributed by atoms with Crippen molar-refractivity contribution in [1.82, 2.24) is 9.97 Å². The molecule has 2 aromatic heterocycles. The number of aromatic nitrogens is 4. The number of nitrogen functional groups attached to an aromatic ring is 2. The van der Waals surface area contributed by atoms with Gasteiger partial charge in [-0.3, -0.25) is 11.5 Å². The van der Waals surface area contributed by atoms with Crippen molar-refractivity contribution in [2.24, 2.45) is 0 Å². The van der Waals surface area contributed by atoms with Gasteiger partial charge in [0.15, 0.2) is 0 Å². The molecule has 2 heterocycles. The smallest absolute Gasteiger partial charge is 0.386 e. The van der Waals surface area contributed by atoms with E-state index in [1.807, 2.05) is 0 Å². The molecule has 0 radical (unpaired) electrons. The minimum atomic E-state index is -1.55. The van der Waals surface area contributed by atoms with Crippen LogP contribution in [0.1, 0.15) is 0 Å². The zero-order valence-corrected chi connectivity index (χ0v) is 11.3. The van der Waals surface area contributed by atoms with E-state index in [4.69, 9.17) is 11.5 Å². The Labute approximate surface area is 125 Å². The average Bonchev–Trinajstić information content (AvgIpc) is 2.48. The van der Waals surface area contributed by atoms with E-state index in [1.54, 1.807) is 36.9 Å². The van der Waals surface area contributed by atoms with Crippen molar-refractivity contribution in [1.29, 1.82) is 0 Å². The number of carbonyl (C=O) groups excluding carboxylic acids is 2. The molecule has 0 amide bonds. The lowest BCUT2D eigenvalue weighted by atomic mass is 10.5. The Balaban J connectivity index is 0.000000301. The van der Waals surface area contributed by atoms with Crippen LogP contribution in [0.25, 0.3) is 0 Å². The number of aromatic amines is 2. The second-order valence-corrected chi connectivity index (χ2v) is 3.31. The summed E-state index contributed by atoms with van der Waals surface area (Å²) in [5.41, 5.74) is 10.4. The maximum Gasteiger partial charge on any atom is 0.386 e. The monoisotopic (exact) mass is 306 g/mol. The predicted octanol–water partition coefficient (Wildman–Crippen LogP) is -4.00. The van der Waals surface area contributed by atoms with Crippen molar-refractivity contribution in [3.63, 3.8) is 0 Å². The summed E-state index contributed by atoms with van der Waals surface area (Å²) in [7, 11) is 0. The number of carboxylic acid groups (broad SMARTS) is 2. The molecule has 10 heteroatoms. The van der Waals surface area contributed by atoms with Crippen molar-refractivity contribution in [3.05, 3.63) is 49.1 Å². The first-order chi connectivity index (χ1) is 10.4. The number of carbonyl (C=O) groups is 2. The summed E-state index contributed by atoms with van der Waals surface area (Å²) in [5, 5.41) is 18.8. The molecule has 116 valence electrons. The number of rotatable bonds is 2. The van der Waals surface area contributed by atoms with E-state index in [2.05, 4.69) is 19.9 Å². The van der Waals surface area contributed by atoms with Crippen LogP contribution in [0.4, 0.5) is 11.9 Å². The van der Waals surface area contributed by atoms with Crippen molar-refractivity contribution in [2.45, 2.75) is 0 Å². The second-order valence-electron chi connectivity index (χ2n) is 3.31. The SMILES string of the molecule is Nc1nccc[nH+]1.Nc1nccc[nH+]1.O=C([O-])/C=C/C(=O)[O-]. The van der Waals surface area contributed by atoms with Gasteiger partial charge in [0.25, 0.3) is 0 Å². The molecule has 0 atom stereocenters. The quantitative estimate of drug-likeness (QED) is 0.525. The Morgan fingerprint density at radius 2 is 1.27 bits per heavy atom. The first-order valence-electron chi connectivity index (χ1n) is 5.68. The summed E-state index contributed by atoms with van der Waals surface area (Å²) in [6.07, 6.45) is 7.48. The molecular weight excluding hydrogens is 292 g/mol. The van der Waals surface area contributed by atoms with Gasteiger partial charge in [0, 0.05) is 12.1 Å². The molecule has 0 spiro atoms. The first kappa shape index (κ1) is 18.4. The highest BCUT2D eigenvalue weighted by Crippen LogP contribution is 1.74. The summed E-state index contributed by atoms with van der Waals surface area (Å²) in [4.78, 5) is 31.6. The largest absolute Gasteiger partial charge is 0.545 e. The lowest BCUT2D eigenvalue weighted by molar-refractivity contribution is -0.364. The number of anilines is 2. The third kappa shape index (κ3) is 12.9. The van der Waals surface area contributed by atoms with Crippen LogP contribution in [-0.2, 0) is 9.59 Å². The van der Waals surface area contributed by atoms with Crippen LogP contribution in [0, 0.1) is 0 Å². The molecule has 0 saturated heterocycles. The van der Waals surface area contributed by atoms with Gasteiger partial charge in [0.1, 0.15) is 12.4 Å². The van der Waals surface area contributed by atoms with Crippen LogP contribution in [0.2, 0.25) is 0 Å². The van der Waals surface area contributed by atoms with E-state index in [0.717, 1.165) is 0 Å². The van der Waals surface area contributed by atoms with E-state index in [0.29, 0.717) is 24.0 Å². The van der Waals surface area contributed by atoms with Gasteiger partial charge in [0.05, 0.1) is 24.3 Å². The molecule has 0 aromatic carbocycles. The van der Waals surface area contributed by atoms with E-state index < -0.39 is 11.9 Å². The van der Waals surface area contributed by atoms with E-state index in [-0.39, 0.29) is 0 Å². The minimum absolute atomic E-state index is 0.384. The molecule has 0 saturated carbocycles. The highest BCUT2D eigenvalue weighted by Gasteiger charge is 1.85. The zero-order valence-electron chi connectivity index (χ0n) is 11.3. The van der Waals surface area contributed by atoms with Crippen LogP contribution < -0.4 is 31.6 Å². The standard InChI is InChI=1S/2C4H5N3.C4H4O4/c2*5-4-6-2-1-3-7-4;5-3(6)1-2-4(7)8/h2*1-3H,(H2,5,6,7);1-2H,(H,5,6)(H,7,8)/b;;2-1+. The molecule has 2 aromatic rings. The number of nitrogens with one attached hydrogen (secondary N) is 2. The molecule has 0 aliphatic rings. The molecule has 0 fully saturated rings. The Kier molecular flexibility index (Phi) is 9.46. The molecule has 10 nitrogen and oxygen atoms in total. The van der Waals surface area contributed by atoms with Crippen molar-refractivity contribution in [2.75, 3.05) is 11.5 Å². The van der Waals surface area contributed by atoms with Gasteiger partial charge in [-0.2, -0.15) is 0 Å². The molecule has 0 unspecified atom stereocenters. The number of nitrogens with two attached hydrogens (primary N) is 2. The molecule has 6 N–H and O–H groups in total. The van der Waals surface area contributed by atoms with Gasteiger partial charge in [-0.1, -0.05) is 9.97 Å². The summed E-state index contributed by atoms with van der Waals surface area (Å²) in [6.45, 7) is 0. The maximum atomic E-state index is 9.41. The van der Waals surface area contributed by atoms with Crippen LogP contribution in [0.3, 0.4) is 0 Å². The lowest BCUT2D eigenvalue weighted by Crippen LogP contribution is -2.23. The van der Waals surface area contributed by atoms with E-state index in [9.17, 15) is 19.8 Å². The number of hydrogen-bond donors (Lipinski definition) is 2. The summed E-state index contributed by atoms with van der Waals surface area (Å²) in [6, 6.07) is 3.55. The van der Waals surface area contributed by atoms with E-state index >= 15 is 0 Å². The molecule has 0 aliphatic heterocycles. The van der Waals surface area contributed by atoms with Crippen molar-refractivity contribution >= 4 is 23.8 Å². The van der Waals surface area contributed by atoms with Gasteiger partial charge in [-0.25, -0.2) is 9.97 Å². The Morgan fingerprint density at radius 3 is 1.41 bits per heavy atom. The highest BCUT2D eigenvalue weighted by atomic mass is 16.4. The molecule has 2 rings (SSSR count). The maximum absolute atomic E-state index is 9.41. The van der Waals surface area contributed by atoms with Crippen molar-refractivity contribution < 1.29 is 29.8 Å². The molecule has 0 bridgehead atoms. The van der Waals surface area contributed by atoms with Gasteiger partial charge < -0.3 is 19.8 Å². The molecule has 0 aliphatic carbocycles. The third-order valence-corrected chi connectivity index (χ3v) is 1.61. The van der Waals surface area contributed by atoms with Crippen LogP contribution in [-0.4, -0.2) is 21.9 Å². The normalized spacial score (nSPS) is 8.91. The number of nitrogens with zero attached hydrogens (tertiary/aromatic N) is 2. The summed E-state index contributed by atoms with van der Waals surface area (Å²) >= 11 is 0. The minimum Gasteiger partial charge on any atom is -0.545 e. The average molecular weight is 306 g/mol. The Morgan fingerprint density at radius 1 is 0.909 bits per heavy atom. The molecular formula is C12H14N6O4. The fourth-order valence-corrected chi connectivity index (χ4v) is 0.810. The number of hydrogen-bond acceptors (Lipinski definition) is 8. The Bertz CT molecular complexity index is 538. The second kappa shape index (κ2) is 11.3. The number of H-pyrrole nitrogens is 2. The summed E-state index contributed by atoms with van der Waals surface area (Å²) < 4.78 is 0. The zero-order chi connectivity index (χ0) is 16.8. The molecule has 22 heavy (non-hydrogen) atoms. The third-order valence-electron chi connectivity index (χ3n) is 1.61. The first-order valence-corrected chi connectivity index (χ1v) is 5.68. The Hall–Kier alpha value is -3.56. The predicted molar refractivity (Wildman–Crippen MR) is 69.6 cm³/mol. The van der Waals surface area contributed by atoms with Gasteiger partial charge in [0.2, 0.25) is 0 Å². The van der Waals surface area contributed by atoms with Crippen molar-refractivity contribution in [3.8, 4) is 0 Å². The van der Waals surface area contributed by atoms with Gasteiger partial charge in [-0.15, -0.1) is 0 Å².